The van der Waals surface area contributed by atoms with E-state index in [2.05, 4.69) is 11.8 Å². The summed E-state index contributed by atoms with van der Waals surface area (Å²) in [6.07, 6.45) is 3.29. The van der Waals surface area contributed by atoms with Gasteiger partial charge in [-0.2, -0.15) is 0 Å². The Morgan fingerprint density at radius 2 is 2.07 bits per heavy atom. The summed E-state index contributed by atoms with van der Waals surface area (Å²) >= 11 is 0. The van der Waals surface area contributed by atoms with Crippen molar-refractivity contribution in [1.29, 1.82) is 0 Å². The molecule has 0 spiro atoms. The van der Waals surface area contributed by atoms with Gasteiger partial charge < -0.3 is 4.74 Å². The predicted molar refractivity (Wildman–Crippen MR) is 60.7 cm³/mol. The number of ether oxygens (including phenoxy) is 1. The Labute approximate surface area is 92.8 Å². The first-order chi connectivity index (χ1) is 6.94. The summed E-state index contributed by atoms with van der Waals surface area (Å²) in [5.74, 6) is -0.0518. The molecule has 0 aromatic rings. The highest BCUT2D eigenvalue weighted by molar-refractivity contribution is 5.76. The van der Waals surface area contributed by atoms with Crippen LogP contribution in [-0.4, -0.2) is 35.6 Å². The normalized spacial score (nSPS) is 23.9. The molecular weight excluding hydrogens is 190 g/mol. The van der Waals surface area contributed by atoms with Crippen molar-refractivity contribution in [3.05, 3.63) is 0 Å². The van der Waals surface area contributed by atoms with Crippen molar-refractivity contribution in [2.24, 2.45) is 0 Å². The Morgan fingerprint density at radius 3 is 2.60 bits per heavy atom. The lowest BCUT2D eigenvalue weighted by atomic mass is 10.0. The van der Waals surface area contributed by atoms with Crippen LogP contribution >= 0.6 is 0 Å². The average molecular weight is 213 g/mol. The monoisotopic (exact) mass is 213 g/mol. The molecule has 1 saturated heterocycles. The second-order valence-corrected chi connectivity index (χ2v) is 5.17. The van der Waals surface area contributed by atoms with Crippen molar-refractivity contribution in [1.82, 2.24) is 4.90 Å². The minimum Gasteiger partial charge on any atom is -0.459 e. The third kappa shape index (κ3) is 3.82. The summed E-state index contributed by atoms with van der Waals surface area (Å²) in [4.78, 5) is 14.1. The van der Waals surface area contributed by atoms with Gasteiger partial charge in [-0.05, 0) is 46.7 Å². The van der Waals surface area contributed by atoms with Gasteiger partial charge in [-0.15, -0.1) is 0 Å². The minimum absolute atomic E-state index is 0.0111. The molecule has 0 bridgehead atoms. The summed E-state index contributed by atoms with van der Waals surface area (Å²) in [5.41, 5.74) is -0.367. The molecule has 0 aliphatic carbocycles. The highest BCUT2D eigenvalue weighted by Gasteiger charge is 2.31. The van der Waals surface area contributed by atoms with Crippen molar-refractivity contribution < 1.29 is 9.53 Å². The van der Waals surface area contributed by atoms with Crippen molar-refractivity contribution in [3.8, 4) is 0 Å². The molecule has 3 nitrogen and oxygen atoms in total. The van der Waals surface area contributed by atoms with Crippen LogP contribution in [0.2, 0.25) is 0 Å². The summed E-state index contributed by atoms with van der Waals surface area (Å²) in [5, 5.41) is 0. The van der Waals surface area contributed by atoms with E-state index in [4.69, 9.17) is 4.74 Å². The Bertz CT molecular complexity index is 220. The Morgan fingerprint density at radius 1 is 1.40 bits per heavy atom. The number of nitrogens with zero attached hydrogens (tertiary/aromatic N) is 1. The molecule has 3 heteroatoms. The molecule has 0 aromatic carbocycles. The maximum atomic E-state index is 11.9. The lowest BCUT2D eigenvalue weighted by Crippen LogP contribution is -2.46. The zero-order valence-electron chi connectivity index (χ0n) is 10.4. The topological polar surface area (TPSA) is 29.5 Å². The van der Waals surface area contributed by atoms with Gasteiger partial charge in [-0.25, -0.2) is 0 Å². The molecule has 1 atom stereocenters. The van der Waals surface area contributed by atoms with Gasteiger partial charge in [0.05, 0.1) is 0 Å². The predicted octanol–water partition coefficient (Wildman–Crippen LogP) is 2.20. The van der Waals surface area contributed by atoms with Crippen LogP contribution in [0.5, 0.6) is 0 Å². The van der Waals surface area contributed by atoms with Crippen LogP contribution < -0.4 is 0 Å². The molecule has 88 valence electrons. The number of carbonyl (C=O) groups excluding carboxylic acids is 1. The van der Waals surface area contributed by atoms with E-state index in [1.807, 2.05) is 20.8 Å². The Kier molecular flexibility index (Phi) is 4.14. The van der Waals surface area contributed by atoms with Crippen LogP contribution in [0.25, 0.3) is 0 Å². The van der Waals surface area contributed by atoms with Gasteiger partial charge in [0.25, 0.3) is 0 Å². The fourth-order valence-corrected chi connectivity index (χ4v) is 2.01. The molecule has 1 fully saturated rings. The number of esters is 1. The van der Waals surface area contributed by atoms with Gasteiger partial charge in [0, 0.05) is 0 Å². The summed E-state index contributed by atoms with van der Waals surface area (Å²) in [6, 6.07) is -0.0111. The molecule has 1 rings (SSSR count). The number of hydrogen-bond acceptors (Lipinski definition) is 3. The zero-order valence-corrected chi connectivity index (χ0v) is 10.4. The molecule has 0 amide bonds. The number of carbonyl (C=O) groups is 1. The largest absolute Gasteiger partial charge is 0.459 e. The smallest absolute Gasteiger partial charge is 0.323 e. The average Bonchev–Trinajstić information content (AvgIpc) is 2.15. The maximum absolute atomic E-state index is 11.9. The standard InChI is InChI=1S/C12H23NO2/c1-5-13-9-7-6-8-10(13)11(14)15-12(2,3)4/h10H,5-9H2,1-4H3. The van der Waals surface area contributed by atoms with E-state index < -0.39 is 0 Å². The van der Waals surface area contributed by atoms with E-state index in [0.717, 1.165) is 25.9 Å². The maximum Gasteiger partial charge on any atom is 0.323 e. The molecule has 1 heterocycles. The van der Waals surface area contributed by atoms with Gasteiger partial charge in [0.2, 0.25) is 0 Å². The molecule has 1 aliphatic heterocycles. The number of piperidine rings is 1. The lowest BCUT2D eigenvalue weighted by Gasteiger charge is -2.34. The van der Waals surface area contributed by atoms with E-state index in [0.29, 0.717) is 0 Å². The fraction of sp³-hybridized carbons (Fsp3) is 0.917. The molecule has 1 unspecified atom stereocenters. The van der Waals surface area contributed by atoms with E-state index in [1.165, 1.54) is 6.42 Å². The quantitative estimate of drug-likeness (QED) is 0.659. The number of rotatable bonds is 2. The lowest BCUT2D eigenvalue weighted by molar-refractivity contribution is -0.162. The van der Waals surface area contributed by atoms with Gasteiger partial charge >= 0.3 is 5.97 Å². The Balaban J connectivity index is 2.56. The number of likely N-dealkylation sites (tertiary alicyclic amines) is 1. The second kappa shape index (κ2) is 4.97. The SMILES string of the molecule is CCN1CCCCC1C(=O)OC(C)(C)C. The van der Waals surface area contributed by atoms with Crippen LogP contribution in [0.3, 0.4) is 0 Å². The first kappa shape index (κ1) is 12.5. The van der Waals surface area contributed by atoms with Crippen LogP contribution in [-0.2, 0) is 9.53 Å². The van der Waals surface area contributed by atoms with E-state index in [1.54, 1.807) is 0 Å². The van der Waals surface area contributed by atoms with Crippen LogP contribution in [0.4, 0.5) is 0 Å². The third-order valence-electron chi connectivity index (χ3n) is 2.70. The van der Waals surface area contributed by atoms with Crippen molar-refractivity contribution in [3.63, 3.8) is 0 Å². The minimum atomic E-state index is -0.367. The summed E-state index contributed by atoms with van der Waals surface area (Å²) < 4.78 is 5.43. The van der Waals surface area contributed by atoms with E-state index >= 15 is 0 Å². The molecule has 0 radical (unpaired) electrons. The summed E-state index contributed by atoms with van der Waals surface area (Å²) in [7, 11) is 0. The fourth-order valence-electron chi connectivity index (χ4n) is 2.01. The zero-order chi connectivity index (χ0) is 11.5. The highest BCUT2D eigenvalue weighted by atomic mass is 16.6. The molecule has 0 aromatic heterocycles. The molecule has 1 aliphatic rings. The van der Waals surface area contributed by atoms with Crippen LogP contribution in [0, 0.1) is 0 Å². The molecular formula is C12H23NO2. The van der Waals surface area contributed by atoms with Crippen molar-refractivity contribution in [2.75, 3.05) is 13.1 Å². The van der Waals surface area contributed by atoms with E-state index in [-0.39, 0.29) is 17.6 Å². The number of likely N-dealkylation sites (N-methyl/N-ethyl adjacent to an activating group) is 1. The van der Waals surface area contributed by atoms with Gasteiger partial charge in [-0.1, -0.05) is 13.3 Å². The van der Waals surface area contributed by atoms with Gasteiger partial charge in [-0.3, -0.25) is 9.69 Å². The third-order valence-corrected chi connectivity index (χ3v) is 2.70. The van der Waals surface area contributed by atoms with Crippen molar-refractivity contribution >= 4 is 5.97 Å². The van der Waals surface area contributed by atoms with Crippen molar-refractivity contribution in [2.45, 2.75) is 58.6 Å². The van der Waals surface area contributed by atoms with Gasteiger partial charge in [0.1, 0.15) is 11.6 Å². The summed E-state index contributed by atoms with van der Waals surface area (Å²) in [6.45, 7) is 9.82. The highest BCUT2D eigenvalue weighted by Crippen LogP contribution is 2.20. The molecule has 0 saturated carbocycles. The Hall–Kier alpha value is -0.570. The van der Waals surface area contributed by atoms with Crippen LogP contribution in [0.15, 0.2) is 0 Å². The first-order valence-electron chi connectivity index (χ1n) is 5.91. The second-order valence-electron chi connectivity index (χ2n) is 5.17. The first-order valence-corrected chi connectivity index (χ1v) is 5.91. The molecule has 15 heavy (non-hydrogen) atoms. The molecule has 0 N–H and O–H groups in total. The van der Waals surface area contributed by atoms with Crippen LogP contribution in [0.1, 0.15) is 47.0 Å². The van der Waals surface area contributed by atoms with Gasteiger partial charge in [0.15, 0.2) is 0 Å². The van der Waals surface area contributed by atoms with E-state index in [9.17, 15) is 4.79 Å². The number of hydrogen-bond donors (Lipinski definition) is 0.